The maximum Gasteiger partial charge on any atom is 0.302 e. The number of anilines is 3. The van der Waals surface area contributed by atoms with Gasteiger partial charge in [0.05, 0.1) is 0 Å². The monoisotopic (exact) mass is 567 g/mol. The summed E-state index contributed by atoms with van der Waals surface area (Å²) in [5.74, 6) is 0.986. The number of esters is 1. The molecule has 2 aliphatic carbocycles. The average Bonchev–Trinajstić information content (AvgIpc) is 3.61. The van der Waals surface area contributed by atoms with Crippen LogP contribution >= 0.6 is 0 Å². The molecule has 3 aliphatic rings. The van der Waals surface area contributed by atoms with E-state index in [0.717, 1.165) is 44.2 Å². The van der Waals surface area contributed by atoms with E-state index < -0.39 is 5.97 Å². The van der Waals surface area contributed by atoms with Gasteiger partial charge in [-0.2, -0.15) is 5.10 Å². The Hall–Kier alpha value is -4.67. The fourth-order valence-electron chi connectivity index (χ4n) is 6.23. The Morgan fingerprint density at radius 2 is 1.98 bits per heavy atom. The van der Waals surface area contributed by atoms with Crippen molar-refractivity contribution < 1.29 is 14.3 Å². The van der Waals surface area contributed by atoms with Crippen molar-refractivity contribution in [2.45, 2.75) is 64.5 Å². The second-order valence-electron chi connectivity index (χ2n) is 11.4. The lowest BCUT2D eigenvalue weighted by molar-refractivity contribution is -0.142. The third kappa shape index (κ3) is 4.68. The summed E-state index contributed by atoms with van der Waals surface area (Å²) >= 11 is 0. The summed E-state index contributed by atoms with van der Waals surface area (Å²) in [6, 6.07) is 7.56. The smallest absolute Gasteiger partial charge is 0.302 e. The minimum atomic E-state index is -0.435. The Bertz CT molecular complexity index is 1780. The number of H-pyrrole nitrogens is 1. The molecule has 1 aliphatic heterocycles. The van der Waals surface area contributed by atoms with Gasteiger partial charge in [0.25, 0.3) is 11.5 Å². The molecule has 0 aromatic carbocycles. The highest BCUT2D eigenvalue weighted by Gasteiger charge is 2.33. The van der Waals surface area contributed by atoms with Crippen LogP contribution in [0.3, 0.4) is 0 Å². The van der Waals surface area contributed by atoms with Crippen molar-refractivity contribution in [3.05, 3.63) is 75.2 Å². The van der Waals surface area contributed by atoms with Crippen LogP contribution in [0.4, 0.5) is 17.3 Å². The van der Waals surface area contributed by atoms with Gasteiger partial charge in [-0.15, -0.1) is 0 Å². The maximum absolute atomic E-state index is 13.9. The van der Waals surface area contributed by atoms with E-state index in [2.05, 4.69) is 25.1 Å². The first-order chi connectivity index (χ1) is 20.4. The molecule has 1 fully saturated rings. The number of carbonyl (C=O) groups is 2. The van der Waals surface area contributed by atoms with Crippen molar-refractivity contribution in [2.75, 3.05) is 16.8 Å². The number of pyridine rings is 2. The number of aromatic amines is 1. The van der Waals surface area contributed by atoms with Crippen molar-refractivity contribution >= 4 is 29.2 Å². The molecule has 5 heterocycles. The van der Waals surface area contributed by atoms with Gasteiger partial charge in [0, 0.05) is 74.0 Å². The number of aromatic nitrogens is 5. The Labute approximate surface area is 242 Å². The van der Waals surface area contributed by atoms with Crippen molar-refractivity contribution in [1.82, 2.24) is 24.3 Å². The van der Waals surface area contributed by atoms with E-state index in [4.69, 9.17) is 4.74 Å². The Kier molecular flexibility index (Phi) is 6.44. The fraction of sp³-hybridized carbons (Fsp3) is 0.387. The van der Waals surface area contributed by atoms with Crippen LogP contribution in [0.2, 0.25) is 0 Å². The van der Waals surface area contributed by atoms with Gasteiger partial charge in [0.15, 0.2) is 5.82 Å². The van der Waals surface area contributed by atoms with Crippen LogP contribution in [0.5, 0.6) is 0 Å². The highest BCUT2D eigenvalue weighted by Crippen LogP contribution is 2.40. The van der Waals surface area contributed by atoms with Crippen LogP contribution in [-0.2, 0) is 42.6 Å². The lowest BCUT2D eigenvalue weighted by atomic mass is 9.98. The molecule has 216 valence electrons. The van der Waals surface area contributed by atoms with Crippen LogP contribution in [0.1, 0.15) is 71.5 Å². The van der Waals surface area contributed by atoms with Gasteiger partial charge in [-0.05, 0) is 67.9 Å². The molecule has 4 aromatic heterocycles. The first kappa shape index (κ1) is 26.2. The van der Waals surface area contributed by atoms with Gasteiger partial charge in [0.1, 0.15) is 23.8 Å². The van der Waals surface area contributed by atoms with Gasteiger partial charge < -0.3 is 19.2 Å². The first-order valence-corrected chi connectivity index (χ1v) is 14.5. The van der Waals surface area contributed by atoms with Gasteiger partial charge in [-0.1, -0.05) is 0 Å². The standard InChI is InChI=1S/C31H33N7O4/c1-18(39)42-17-23-22(21-13-25(30(40)36(2)16-21)33-28-15-24(34-35-28)19-7-8-19)9-10-32-29(23)38-12-11-37-26-6-4-3-5-20(26)14-27(37)31(38)41/h9-10,13-16,19H,3-8,11-12,17H2,1-2H3,(H2,33,34,35). The predicted octanol–water partition coefficient (Wildman–Crippen LogP) is 4.20. The Morgan fingerprint density at radius 3 is 2.79 bits per heavy atom. The summed E-state index contributed by atoms with van der Waals surface area (Å²) in [4.78, 5) is 45.2. The number of rotatable bonds is 7. The lowest BCUT2D eigenvalue weighted by Crippen LogP contribution is -2.41. The number of nitrogens with zero attached hydrogens (tertiary/aromatic N) is 5. The highest BCUT2D eigenvalue weighted by molar-refractivity contribution is 6.06. The zero-order valence-electron chi connectivity index (χ0n) is 23.8. The second-order valence-corrected chi connectivity index (χ2v) is 11.4. The number of amides is 1. The third-order valence-corrected chi connectivity index (χ3v) is 8.50. The first-order valence-electron chi connectivity index (χ1n) is 14.5. The predicted molar refractivity (Wildman–Crippen MR) is 157 cm³/mol. The zero-order valence-corrected chi connectivity index (χ0v) is 23.8. The number of nitrogens with one attached hydrogen (secondary N) is 2. The van der Waals surface area contributed by atoms with Gasteiger partial charge in [-0.25, -0.2) is 4.98 Å². The molecule has 0 unspecified atom stereocenters. The Balaban J connectivity index is 1.28. The summed E-state index contributed by atoms with van der Waals surface area (Å²) in [5, 5.41) is 10.6. The summed E-state index contributed by atoms with van der Waals surface area (Å²) in [7, 11) is 1.69. The van der Waals surface area contributed by atoms with Crippen LogP contribution in [0.25, 0.3) is 11.1 Å². The molecule has 0 bridgehead atoms. The average molecular weight is 568 g/mol. The van der Waals surface area contributed by atoms with Crippen molar-refractivity contribution in [2.24, 2.45) is 7.05 Å². The molecule has 11 nitrogen and oxygen atoms in total. The minimum absolute atomic E-state index is 0.0646. The van der Waals surface area contributed by atoms with Gasteiger partial charge >= 0.3 is 5.97 Å². The van der Waals surface area contributed by atoms with E-state index in [0.29, 0.717) is 58.7 Å². The molecule has 4 aromatic rings. The number of fused-ring (bicyclic) bond motifs is 3. The van der Waals surface area contributed by atoms with Crippen molar-refractivity contribution in [3.63, 3.8) is 0 Å². The van der Waals surface area contributed by atoms with Crippen LogP contribution in [0.15, 0.2) is 41.5 Å². The normalized spacial score (nSPS) is 16.2. The SMILES string of the molecule is CC(=O)OCc1c(-c2cc(Nc3cc(C4CC4)[nH]n3)c(=O)n(C)c2)ccnc1N1CCn2c(cc3c2CCCC3)C1=O. The van der Waals surface area contributed by atoms with E-state index in [9.17, 15) is 14.4 Å². The van der Waals surface area contributed by atoms with Crippen molar-refractivity contribution in [1.29, 1.82) is 0 Å². The van der Waals surface area contributed by atoms with E-state index in [-0.39, 0.29) is 18.1 Å². The number of hydrogen-bond donors (Lipinski definition) is 2. The van der Waals surface area contributed by atoms with Crippen molar-refractivity contribution in [3.8, 4) is 11.1 Å². The third-order valence-electron chi connectivity index (χ3n) is 8.50. The zero-order chi connectivity index (χ0) is 29.0. The van der Waals surface area contributed by atoms with E-state index >= 15 is 0 Å². The molecule has 42 heavy (non-hydrogen) atoms. The van der Waals surface area contributed by atoms with Gasteiger partial charge in [0.2, 0.25) is 0 Å². The summed E-state index contributed by atoms with van der Waals surface area (Å²) in [6.07, 6.45) is 9.95. The number of aryl methyl sites for hydroxylation is 2. The summed E-state index contributed by atoms with van der Waals surface area (Å²) < 4.78 is 9.15. The van der Waals surface area contributed by atoms with E-state index in [1.165, 1.54) is 22.7 Å². The quantitative estimate of drug-likeness (QED) is 0.321. The molecule has 0 atom stereocenters. The number of hydrogen-bond acceptors (Lipinski definition) is 7. The number of ether oxygens (including phenoxy) is 1. The van der Waals surface area contributed by atoms with E-state index in [1.54, 1.807) is 30.4 Å². The molecular formula is C31H33N7O4. The van der Waals surface area contributed by atoms with Crippen LogP contribution in [0, 0.1) is 0 Å². The number of carbonyl (C=O) groups excluding carboxylic acids is 2. The molecule has 7 rings (SSSR count). The lowest BCUT2D eigenvalue weighted by Gasteiger charge is -2.31. The topological polar surface area (TPSA) is 127 Å². The van der Waals surface area contributed by atoms with Crippen LogP contribution in [-0.4, -0.2) is 42.7 Å². The second kappa shape index (κ2) is 10.3. The minimum Gasteiger partial charge on any atom is -0.461 e. The fourth-order valence-corrected chi connectivity index (χ4v) is 6.23. The largest absolute Gasteiger partial charge is 0.461 e. The van der Waals surface area contributed by atoms with Crippen LogP contribution < -0.4 is 15.8 Å². The van der Waals surface area contributed by atoms with E-state index in [1.807, 2.05) is 18.2 Å². The molecule has 2 N–H and O–H groups in total. The molecular weight excluding hydrogens is 534 g/mol. The van der Waals surface area contributed by atoms with Gasteiger partial charge in [-0.3, -0.25) is 24.4 Å². The molecule has 0 spiro atoms. The molecule has 0 radical (unpaired) electrons. The molecule has 11 heteroatoms. The molecule has 1 amide bonds. The molecule has 0 saturated heterocycles. The maximum atomic E-state index is 13.9. The summed E-state index contributed by atoms with van der Waals surface area (Å²) in [6.45, 7) is 2.42. The molecule has 1 saturated carbocycles. The summed E-state index contributed by atoms with van der Waals surface area (Å²) in [5.41, 5.74) is 6.46. The highest BCUT2D eigenvalue weighted by atomic mass is 16.5. The Morgan fingerprint density at radius 1 is 1.14 bits per heavy atom.